The summed E-state index contributed by atoms with van der Waals surface area (Å²) in [6.45, 7) is 0. The Morgan fingerprint density at radius 2 is 1.73 bits per heavy atom. The van der Waals surface area contributed by atoms with Crippen LogP contribution in [0.1, 0.15) is 0 Å². The Morgan fingerprint density at radius 3 is 2.09 bits per heavy atom. The van der Waals surface area contributed by atoms with Gasteiger partial charge >= 0.3 is 23.1 Å². The second kappa shape index (κ2) is 6.81. The maximum absolute atomic E-state index is 5.58. The number of halogens is 4. The summed E-state index contributed by atoms with van der Waals surface area (Å²) < 4.78 is 0. The molecule has 0 bridgehead atoms. The predicted octanol–water partition coefficient (Wildman–Crippen LogP) is 0.0702. The number of rotatable bonds is 0. The Balaban J connectivity index is 0. The monoisotopic (exact) mass is 282 g/mol. The molecule has 0 N–H and O–H groups in total. The van der Waals surface area contributed by atoms with Gasteiger partial charge in [0.1, 0.15) is 0 Å². The Hall–Kier alpha value is 1.34. The Bertz CT molecular complexity index is 209. The zero-order valence-electron chi connectivity index (χ0n) is 5.37. The van der Waals surface area contributed by atoms with E-state index in [1.807, 2.05) is 0 Å². The molecule has 0 aliphatic carbocycles. The van der Waals surface area contributed by atoms with Gasteiger partial charge in [0.25, 0.3) is 0 Å². The molecule has 0 unspecified atom stereocenters. The minimum absolute atomic E-state index is 0. The van der Waals surface area contributed by atoms with Crippen LogP contribution in [-0.4, -0.2) is 23.1 Å². The van der Waals surface area contributed by atoms with Crippen molar-refractivity contribution in [3.05, 3.63) is 33.3 Å². The van der Waals surface area contributed by atoms with Crippen LogP contribution in [0.2, 0.25) is 15.1 Å². The van der Waals surface area contributed by atoms with E-state index in [0.717, 1.165) is 0 Å². The van der Waals surface area contributed by atoms with Gasteiger partial charge in [-0.2, -0.15) is 29.8 Å². The topological polar surface area (TPSA) is 0 Å². The van der Waals surface area contributed by atoms with Gasteiger partial charge in [0.05, 0.1) is 0 Å². The van der Waals surface area contributed by atoms with E-state index in [9.17, 15) is 0 Å². The SMILES string of the molecule is Clc1[c-]ccc(Cl)c1Cl.[Br-].[Mg+2]. The minimum Gasteiger partial charge on any atom is -1.00 e. The summed E-state index contributed by atoms with van der Waals surface area (Å²) in [5.74, 6) is 0. The Labute approximate surface area is 107 Å². The molecule has 0 aliphatic heterocycles. The maximum Gasteiger partial charge on any atom is 2.00 e. The third kappa shape index (κ3) is 4.20. The van der Waals surface area contributed by atoms with Crippen LogP contribution < -0.4 is 17.0 Å². The fraction of sp³-hybridized carbons (Fsp3) is 0. The van der Waals surface area contributed by atoms with E-state index in [4.69, 9.17) is 34.8 Å². The van der Waals surface area contributed by atoms with Gasteiger partial charge in [-0.15, -0.1) is 23.2 Å². The van der Waals surface area contributed by atoms with Gasteiger partial charge in [-0.05, 0) is 10.0 Å². The summed E-state index contributed by atoms with van der Waals surface area (Å²) >= 11 is 16.7. The molecule has 0 aliphatic rings. The van der Waals surface area contributed by atoms with Crippen molar-refractivity contribution in [2.75, 3.05) is 0 Å². The largest absolute Gasteiger partial charge is 2.00 e. The quantitative estimate of drug-likeness (QED) is 0.359. The molecular weight excluding hydrogens is 283 g/mol. The van der Waals surface area contributed by atoms with Crippen molar-refractivity contribution in [3.8, 4) is 0 Å². The molecule has 0 heterocycles. The smallest absolute Gasteiger partial charge is 1.00 e. The van der Waals surface area contributed by atoms with Crippen molar-refractivity contribution in [3.63, 3.8) is 0 Å². The van der Waals surface area contributed by atoms with Gasteiger partial charge in [-0.3, -0.25) is 0 Å². The van der Waals surface area contributed by atoms with Crippen molar-refractivity contribution < 1.29 is 17.0 Å². The van der Waals surface area contributed by atoms with Crippen LogP contribution in [0.3, 0.4) is 0 Å². The average Bonchev–Trinajstić information content (AvgIpc) is 1.83. The summed E-state index contributed by atoms with van der Waals surface area (Å²) in [4.78, 5) is 0. The first-order valence-corrected chi connectivity index (χ1v) is 3.36. The van der Waals surface area contributed by atoms with Crippen LogP contribution >= 0.6 is 34.8 Å². The van der Waals surface area contributed by atoms with E-state index in [2.05, 4.69) is 6.07 Å². The van der Waals surface area contributed by atoms with Crippen LogP contribution in [0.5, 0.6) is 0 Å². The van der Waals surface area contributed by atoms with E-state index in [-0.39, 0.29) is 40.0 Å². The molecule has 0 nitrogen and oxygen atoms in total. The van der Waals surface area contributed by atoms with Crippen LogP contribution in [0.15, 0.2) is 12.1 Å². The van der Waals surface area contributed by atoms with Crippen molar-refractivity contribution in [1.29, 1.82) is 0 Å². The summed E-state index contributed by atoms with van der Waals surface area (Å²) in [5.41, 5.74) is 0. The van der Waals surface area contributed by atoms with Gasteiger partial charge in [-0.25, -0.2) is 0 Å². The first kappa shape index (κ1) is 14.8. The molecule has 0 spiro atoms. The van der Waals surface area contributed by atoms with Crippen molar-refractivity contribution in [2.24, 2.45) is 0 Å². The van der Waals surface area contributed by atoms with Crippen LogP contribution in [0.25, 0.3) is 0 Å². The minimum atomic E-state index is 0. The maximum atomic E-state index is 5.58. The fourth-order valence-corrected chi connectivity index (χ4v) is 0.918. The van der Waals surface area contributed by atoms with Crippen molar-refractivity contribution >= 4 is 57.9 Å². The third-order valence-corrected chi connectivity index (χ3v) is 2.04. The van der Waals surface area contributed by atoms with Crippen molar-refractivity contribution in [1.82, 2.24) is 0 Å². The molecule has 0 amide bonds. The molecule has 1 aromatic rings. The van der Waals surface area contributed by atoms with Gasteiger partial charge in [0, 0.05) is 0 Å². The Morgan fingerprint density at radius 1 is 1.18 bits per heavy atom. The van der Waals surface area contributed by atoms with Gasteiger partial charge in [-0.1, -0.05) is 5.02 Å². The van der Waals surface area contributed by atoms with Crippen LogP contribution in [-0.2, 0) is 0 Å². The number of hydrogen-bond acceptors (Lipinski definition) is 0. The van der Waals surface area contributed by atoms with E-state index >= 15 is 0 Å². The van der Waals surface area contributed by atoms with E-state index in [0.29, 0.717) is 15.1 Å². The molecule has 0 fully saturated rings. The van der Waals surface area contributed by atoms with Crippen LogP contribution in [0, 0.1) is 6.07 Å². The fourth-order valence-electron chi connectivity index (χ4n) is 0.429. The van der Waals surface area contributed by atoms with Crippen molar-refractivity contribution in [2.45, 2.75) is 0 Å². The average molecular weight is 285 g/mol. The Kier molecular flexibility index (Phi) is 9.19. The van der Waals surface area contributed by atoms with Crippen LogP contribution in [0.4, 0.5) is 0 Å². The summed E-state index contributed by atoms with van der Waals surface area (Å²) in [5, 5.41) is 1.19. The molecule has 56 valence electrons. The zero-order chi connectivity index (χ0) is 6.85. The first-order valence-electron chi connectivity index (χ1n) is 2.23. The predicted molar refractivity (Wildman–Crippen MR) is 46.1 cm³/mol. The summed E-state index contributed by atoms with van der Waals surface area (Å²) in [6.07, 6.45) is 0. The summed E-state index contributed by atoms with van der Waals surface area (Å²) in [7, 11) is 0. The van der Waals surface area contributed by atoms with E-state index < -0.39 is 0 Å². The van der Waals surface area contributed by atoms with E-state index in [1.165, 1.54) is 0 Å². The second-order valence-electron chi connectivity index (χ2n) is 1.45. The molecule has 1 aromatic carbocycles. The normalized spacial score (nSPS) is 7.91. The molecule has 0 aromatic heterocycles. The van der Waals surface area contributed by atoms with Gasteiger partial charge in [0.2, 0.25) is 0 Å². The van der Waals surface area contributed by atoms with Gasteiger partial charge in [0.15, 0.2) is 0 Å². The molecule has 0 saturated heterocycles. The molecule has 0 atom stereocenters. The molecule has 5 heteroatoms. The second-order valence-corrected chi connectivity index (χ2v) is 2.62. The summed E-state index contributed by atoms with van der Waals surface area (Å²) in [6, 6.07) is 5.95. The third-order valence-electron chi connectivity index (χ3n) is 0.842. The molecule has 1 rings (SSSR count). The standard InChI is InChI=1S/C6H2Cl3.BrH.Mg/c7-4-2-1-3-5(8)6(4)9;;/h1-2H;1H;/q-1;;+2/p-1. The molecular formula is C6H2BrCl3Mg. The van der Waals surface area contributed by atoms with Gasteiger partial charge < -0.3 is 17.0 Å². The first-order chi connectivity index (χ1) is 4.22. The number of hydrogen-bond donors (Lipinski definition) is 0. The molecule has 0 radical (unpaired) electrons. The molecule has 11 heavy (non-hydrogen) atoms. The van der Waals surface area contributed by atoms with E-state index in [1.54, 1.807) is 12.1 Å². The zero-order valence-corrected chi connectivity index (χ0v) is 10.6. The number of benzene rings is 1. The molecule has 0 saturated carbocycles.